The number of aromatic nitrogens is 1. The van der Waals surface area contributed by atoms with Gasteiger partial charge in [0, 0.05) is 34.8 Å². The molecule has 3 aromatic carbocycles. The van der Waals surface area contributed by atoms with Crippen LogP contribution in [0.25, 0.3) is 10.9 Å². The number of benzene rings is 3. The Bertz CT molecular complexity index is 940. The Morgan fingerprint density at radius 3 is 2.04 bits per heavy atom. The average molecular weight is 327 g/mol. The van der Waals surface area contributed by atoms with E-state index in [9.17, 15) is 0 Å². The largest absolute Gasteiger partial charge is 0.343 e. The van der Waals surface area contributed by atoms with E-state index < -0.39 is 0 Å². The quantitative estimate of drug-likeness (QED) is 0.554. The third-order valence-corrected chi connectivity index (χ3v) is 4.65. The lowest BCUT2D eigenvalue weighted by molar-refractivity contribution is -0.686. The maximum absolute atomic E-state index is 2.38. The van der Waals surface area contributed by atoms with Crippen LogP contribution in [-0.4, -0.2) is 4.57 Å². The lowest BCUT2D eigenvalue weighted by Crippen LogP contribution is -2.80. The predicted molar refractivity (Wildman–Crippen MR) is 103 cm³/mol. The fourth-order valence-corrected chi connectivity index (χ4v) is 3.40. The third-order valence-electron chi connectivity index (χ3n) is 4.65. The van der Waals surface area contributed by atoms with Crippen molar-refractivity contribution in [1.29, 1.82) is 0 Å². The molecule has 4 aromatic rings. The van der Waals surface area contributed by atoms with Crippen LogP contribution < -0.4 is 5.32 Å². The number of fused-ring (bicyclic) bond motifs is 1. The van der Waals surface area contributed by atoms with Gasteiger partial charge in [0.05, 0.1) is 0 Å². The normalized spacial score (nSPS) is 11.0. The molecule has 0 radical (unpaired) electrons. The van der Waals surface area contributed by atoms with Crippen molar-refractivity contribution < 1.29 is 5.32 Å². The minimum atomic E-state index is 0.917. The number of nitrogens with zero attached hydrogens (tertiary/aromatic N) is 1. The number of hydrogen-bond donors (Lipinski definition) is 1. The lowest BCUT2D eigenvalue weighted by atomic mass is 10.1. The second kappa shape index (κ2) is 7.37. The van der Waals surface area contributed by atoms with Crippen molar-refractivity contribution in [1.82, 2.24) is 4.57 Å². The Labute approximate surface area is 148 Å². The van der Waals surface area contributed by atoms with Gasteiger partial charge in [-0.25, -0.2) is 0 Å². The molecule has 124 valence electrons. The standard InChI is InChI=1S/C23H22N2/c1-3-9-19(10-4-1)15-24-16-21-18-25(17-20-11-5-2-6-12-20)23-14-8-7-13-22(21)23/h1-14,18,24H,15-17H2/p+1. The Balaban J connectivity index is 1.54. The molecular formula is C23H23N2+. The van der Waals surface area contributed by atoms with Gasteiger partial charge >= 0.3 is 0 Å². The molecule has 2 nitrogen and oxygen atoms in total. The van der Waals surface area contributed by atoms with Crippen LogP contribution >= 0.6 is 0 Å². The van der Waals surface area contributed by atoms with E-state index in [4.69, 9.17) is 0 Å². The molecule has 1 aromatic heterocycles. The van der Waals surface area contributed by atoms with E-state index in [1.807, 2.05) is 0 Å². The zero-order chi connectivity index (χ0) is 16.9. The van der Waals surface area contributed by atoms with Crippen molar-refractivity contribution in [3.05, 3.63) is 108 Å². The summed E-state index contributed by atoms with van der Waals surface area (Å²) in [6.45, 7) is 2.93. The number of hydrogen-bond acceptors (Lipinski definition) is 0. The van der Waals surface area contributed by atoms with E-state index in [0.29, 0.717) is 0 Å². The number of nitrogens with two attached hydrogens (primary N) is 1. The molecule has 2 N–H and O–H groups in total. The molecular weight excluding hydrogens is 304 g/mol. The SMILES string of the molecule is c1ccc(C[NH2+]Cc2cn(Cc3ccccc3)c3ccccc23)cc1. The first-order valence-corrected chi connectivity index (χ1v) is 8.86. The Kier molecular flexibility index (Phi) is 4.62. The van der Waals surface area contributed by atoms with E-state index in [2.05, 4.69) is 101 Å². The Hall–Kier alpha value is -2.84. The van der Waals surface area contributed by atoms with E-state index in [-0.39, 0.29) is 0 Å². The molecule has 0 amide bonds. The van der Waals surface area contributed by atoms with Gasteiger partial charge in [0.25, 0.3) is 0 Å². The van der Waals surface area contributed by atoms with E-state index in [1.165, 1.54) is 27.6 Å². The Morgan fingerprint density at radius 1 is 0.640 bits per heavy atom. The number of quaternary nitrogens is 1. The van der Waals surface area contributed by atoms with E-state index in [0.717, 1.165) is 19.6 Å². The lowest BCUT2D eigenvalue weighted by Gasteiger charge is -2.05. The first-order chi connectivity index (χ1) is 12.4. The van der Waals surface area contributed by atoms with Gasteiger partial charge in [0.2, 0.25) is 0 Å². The number of rotatable bonds is 6. The molecule has 0 fully saturated rings. The highest BCUT2D eigenvalue weighted by molar-refractivity contribution is 5.83. The molecule has 0 aliphatic heterocycles. The molecule has 0 atom stereocenters. The van der Waals surface area contributed by atoms with E-state index in [1.54, 1.807) is 0 Å². The molecule has 0 aliphatic rings. The van der Waals surface area contributed by atoms with Crippen molar-refractivity contribution in [2.24, 2.45) is 0 Å². The summed E-state index contributed by atoms with van der Waals surface area (Å²) in [5, 5.41) is 3.74. The topological polar surface area (TPSA) is 21.5 Å². The number of para-hydroxylation sites is 1. The van der Waals surface area contributed by atoms with Crippen LogP contribution in [0.1, 0.15) is 16.7 Å². The van der Waals surface area contributed by atoms with Gasteiger partial charge in [-0.15, -0.1) is 0 Å². The summed E-state index contributed by atoms with van der Waals surface area (Å²) in [5.41, 5.74) is 5.43. The maximum atomic E-state index is 2.38. The molecule has 0 spiro atoms. The zero-order valence-electron chi connectivity index (χ0n) is 14.3. The molecule has 25 heavy (non-hydrogen) atoms. The summed E-state index contributed by atoms with van der Waals surface area (Å²) in [7, 11) is 0. The summed E-state index contributed by atoms with van der Waals surface area (Å²) in [4.78, 5) is 0. The fourth-order valence-electron chi connectivity index (χ4n) is 3.40. The van der Waals surface area contributed by atoms with Gasteiger partial charge in [0.15, 0.2) is 0 Å². The molecule has 0 unspecified atom stereocenters. The predicted octanol–water partition coefficient (Wildman–Crippen LogP) is 3.95. The average Bonchev–Trinajstić information content (AvgIpc) is 3.01. The van der Waals surface area contributed by atoms with Crippen LogP contribution in [-0.2, 0) is 19.6 Å². The molecule has 0 bridgehead atoms. The zero-order valence-corrected chi connectivity index (χ0v) is 14.3. The smallest absolute Gasteiger partial charge is 0.104 e. The van der Waals surface area contributed by atoms with Crippen LogP contribution in [0.2, 0.25) is 0 Å². The van der Waals surface area contributed by atoms with E-state index >= 15 is 0 Å². The molecule has 2 heteroatoms. The molecule has 0 saturated heterocycles. The Morgan fingerprint density at radius 2 is 1.28 bits per heavy atom. The third kappa shape index (κ3) is 3.65. The molecule has 0 saturated carbocycles. The van der Waals surface area contributed by atoms with Crippen molar-refractivity contribution in [2.45, 2.75) is 19.6 Å². The minimum absolute atomic E-state index is 0.917. The summed E-state index contributed by atoms with van der Waals surface area (Å²) >= 11 is 0. The van der Waals surface area contributed by atoms with Crippen LogP contribution in [0.5, 0.6) is 0 Å². The van der Waals surface area contributed by atoms with Crippen LogP contribution in [0, 0.1) is 0 Å². The second-order valence-corrected chi connectivity index (χ2v) is 6.47. The fraction of sp³-hybridized carbons (Fsp3) is 0.130. The summed E-state index contributed by atoms with van der Waals surface area (Å²) in [6, 6.07) is 30.0. The van der Waals surface area contributed by atoms with Crippen molar-refractivity contribution in [3.63, 3.8) is 0 Å². The second-order valence-electron chi connectivity index (χ2n) is 6.47. The highest BCUT2D eigenvalue weighted by Crippen LogP contribution is 2.21. The molecule has 1 heterocycles. The summed E-state index contributed by atoms with van der Waals surface area (Å²) < 4.78 is 2.37. The first-order valence-electron chi connectivity index (χ1n) is 8.86. The van der Waals surface area contributed by atoms with Crippen LogP contribution in [0.3, 0.4) is 0 Å². The summed E-state index contributed by atoms with van der Waals surface area (Å²) in [5.74, 6) is 0. The maximum Gasteiger partial charge on any atom is 0.104 e. The molecule has 0 aliphatic carbocycles. The van der Waals surface area contributed by atoms with Gasteiger partial charge in [-0.05, 0) is 11.6 Å². The van der Waals surface area contributed by atoms with Crippen LogP contribution in [0.15, 0.2) is 91.1 Å². The molecule has 4 rings (SSSR count). The van der Waals surface area contributed by atoms with Gasteiger partial charge in [-0.1, -0.05) is 78.9 Å². The highest BCUT2D eigenvalue weighted by atomic mass is 15.0. The van der Waals surface area contributed by atoms with Gasteiger partial charge < -0.3 is 9.88 Å². The van der Waals surface area contributed by atoms with Gasteiger partial charge in [-0.2, -0.15) is 0 Å². The van der Waals surface area contributed by atoms with Gasteiger partial charge in [0.1, 0.15) is 13.1 Å². The first kappa shape index (κ1) is 15.7. The summed E-state index contributed by atoms with van der Waals surface area (Å²) in [6.07, 6.45) is 2.32. The van der Waals surface area contributed by atoms with Crippen LogP contribution in [0.4, 0.5) is 0 Å². The highest BCUT2D eigenvalue weighted by Gasteiger charge is 2.09. The minimum Gasteiger partial charge on any atom is -0.343 e. The monoisotopic (exact) mass is 327 g/mol. The van der Waals surface area contributed by atoms with Gasteiger partial charge in [-0.3, -0.25) is 0 Å². The van der Waals surface area contributed by atoms with Crippen molar-refractivity contribution in [3.8, 4) is 0 Å². The van der Waals surface area contributed by atoms with Crippen molar-refractivity contribution >= 4 is 10.9 Å². The van der Waals surface area contributed by atoms with Crippen molar-refractivity contribution in [2.75, 3.05) is 0 Å².